The molecule has 4 nitrogen and oxygen atoms in total. The molecule has 33 heavy (non-hydrogen) atoms. The number of hydrogen-bond acceptors (Lipinski definition) is 4. The van der Waals surface area contributed by atoms with Gasteiger partial charge in [-0.3, -0.25) is 0 Å². The van der Waals surface area contributed by atoms with Gasteiger partial charge in [0.25, 0.3) is 0 Å². The molecule has 0 bridgehead atoms. The van der Waals surface area contributed by atoms with Gasteiger partial charge in [-0.2, -0.15) is 8.78 Å². The van der Waals surface area contributed by atoms with E-state index in [1.807, 2.05) is 12.1 Å². The summed E-state index contributed by atoms with van der Waals surface area (Å²) in [6.07, 6.45) is 0.840. The first-order valence-corrected chi connectivity index (χ1v) is 10.6. The van der Waals surface area contributed by atoms with Crippen molar-refractivity contribution in [1.29, 1.82) is 0 Å². The van der Waals surface area contributed by atoms with Crippen molar-refractivity contribution in [2.75, 3.05) is 20.3 Å². The molecular formula is C25H24F4O4. The number of aryl methyl sites for hydroxylation is 2. The molecule has 0 saturated carbocycles. The van der Waals surface area contributed by atoms with E-state index in [-0.39, 0.29) is 11.9 Å². The smallest absolute Gasteiger partial charge is 0.387 e. The molecule has 8 heteroatoms. The summed E-state index contributed by atoms with van der Waals surface area (Å²) in [7, 11) is 1.62. The molecule has 2 atom stereocenters. The maximum atomic E-state index is 15.1. The first kappa shape index (κ1) is 23.5. The first-order chi connectivity index (χ1) is 15.9. The number of hydrogen-bond donors (Lipinski definition) is 0. The summed E-state index contributed by atoms with van der Waals surface area (Å²) >= 11 is 0. The Labute approximate surface area is 189 Å². The van der Waals surface area contributed by atoms with Gasteiger partial charge in [0.1, 0.15) is 5.82 Å². The Morgan fingerprint density at radius 3 is 2.64 bits per heavy atom. The van der Waals surface area contributed by atoms with Gasteiger partial charge in [-0.15, -0.1) is 0 Å². The molecule has 1 aliphatic heterocycles. The van der Waals surface area contributed by atoms with Gasteiger partial charge in [-0.05, 0) is 54.0 Å². The van der Waals surface area contributed by atoms with E-state index < -0.39 is 24.5 Å². The lowest BCUT2D eigenvalue weighted by Crippen LogP contribution is -2.30. The molecule has 1 fully saturated rings. The van der Waals surface area contributed by atoms with Gasteiger partial charge >= 0.3 is 6.61 Å². The fraction of sp³-hybridized carbons (Fsp3) is 0.360. The van der Waals surface area contributed by atoms with Crippen molar-refractivity contribution in [3.8, 4) is 5.75 Å². The van der Waals surface area contributed by atoms with E-state index in [1.165, 1.54) is 6.07 Å². The molecule has 3 aromatic rings. The molecule has 0 aromatic heterocycles. The molecule has 176 valence electrons. The lowest BCUT2D eigenvalue weighted by Gasteiger charge is -2.30. The second-order valence-electron chi connectivity index (χ2n) is 7.87. The molecule has 0 N–H and O–H groups in total. The Hall–Kier alpha value is -2.68. The number of alkyl halides is 2. The van der Waals surface area contributed by atoms with Crippen molar-refractivity contribution in [2.45, 2.75) is 38.3 Å². The van der Waals surface area contributed by atoms with Gasteiger partial charge in [0.15, 0.2) is 17.9 Å². The molecule has 3 aromatic carbocycles. The first-order valence-electron chi connectivity index (χ1n) is 10.6. The van der Waals surface area contributed by atoms with E-state index in [0.717, 1.165) is 29.5 Å². The van der Waals surface area contributed by atoms with E-state index in [4.69, 9.17) is 14.2 Å². The minimum absolute atomic E-state index is 0.0515. The fourth-order valence-corrected chi connectivity index (χ4v) is 3.94. The average molecular weight is 464 g/mol. The van der Waals surface area contributed by atoms with Crippen molar-refractivity contribution in [1.82, 2.24) is 0 Å². The lowest BCUT2D eigenvalue weighted by atomic mass is 9.98. The van der Waals surface area contributed by atoms with Crippen LogP contribution in [0.1, 0.15) is 29.4 Å². The van der Waals surface area contributed by atoms with Crippen LogP contribution in [0, 0.1) is 11.6 Å². The molecule has 0 aliphatic carbocycles. The van der Waals surface area contributed by atoms with Crippen LogP contribution in [0.5, 0.6) is 5.75 Å². The van der Waals surface area contributed by atoms with Gasteiger partial charge in [0.2, 0.25) is 0 Å². The maximum Gasteiger partial charge on any atom is 0.387 e. The number of halogens is 4. The van der Waals surface area contributed by atoms with Crippen molar-refractivity contribution >= 4 is 10.8 Å². The van der Waals surface area contributed by atoms with Gasteiger partial charge in [0.05, 0.1) is 19.3 Å². The van der Waals surface area contributed by atoms with Gasteiger partial charge < -0.3 is 18.9 Å². The van der Waals surface area contributed by atoms with Crippen LogP contribution in [0.2, 0.25) is 0 Å². The van der Waals surface area contributed by atoms with Crippen LogP contribution < -0.4 is 4.74 Å². The number of rotatable bonds is 8. The zero-order chi connectivity index (χ0) is 23.4. The highest BCUT2D eigenvalue weighted by Crippen LogP contribution is 2.31. The summed E-state index contributed by atoms with van der Waals surface area (Å²) in [5, 5.41) is 1.18. The van der Waals surface area contributed by atoms with Crippen LogP contribution in [-0.4, -0.2) is 33.0 Å². The summed E-state index contributed by atoms with van der Waals surface area (Å²) in [5.74, 6) is -1.74. The quantitative estimate of drug-likeness (QED) is 0.386. The summed E-state index contributed by atoms with van der Waals surface area (Å²) in [5.41, 5.74) is 1.84. The Balaban J connectivity index is 1.47. The SMILES string of the molecule is COCC1CCOC(c2ccc3c(F)c(CCc4ccc(OC(F)F)c(F)c4)ccc3c2)O1. The van der Waals surface area contributed by atoms with Crippen LogP contribution in [-0.2, 0) is 27.1 Å². The minimum atomic E-state index is -3.10. The second kappa shape index (κ2) is 10.5. The summed E-state index contributed by atoms with van der Waals surface area (Å²) in [6.45, 7) is -2.06. The molecule has 4 rings (SSSR count). The van der Waals surface area contributed by atoms with Gasteiger partial charge in [-0.25, -0.2) is 8.78 Å². The largest absolute Gasteiger partial charge is 0.432 e. The van der Waals surface area contributed by atoms with Crippen molar-refractivity contribution in [3.05, 3.63) is 76.9 Å². The minimum Gasteiger partial charge on any atom is -0.432 e. The second-order valence-corrected chi connectivity index (χ2v) is 7.87. The normalized spacial score (nSPS) is 18.7. The van der Waals surface area contributed by atoms with Crippen molar-refractivity contribution < 1.29 is 36.5 Å². The number of fused-ring (bicyclic) bond motifs is 1. The van der Waals surface area contributed by atoms with Crippen LogP contribution in [0.4, 0.5) is 17.6 Å². The number of benzene rings is 3. The van der Waals surface area contributed by atoms with Crippen LogP contribution in [0.3, 0.4) is 0 Å². The molecule has 1 aliphatic rings. The molecule has 2 unspecified atom stereocenters. The third-order valence-electron chi connectivity index (χ3n) is 5.60. The van der Waals surface area contributed by atoms with Gasteiger partial charge in [-0.1, -0.05) is 30.3 Å². The van der Waals surface area contributed by atoms with E-state index >= 15 is 4.39 Å². The topological polar surface area (TPSA) is 36.9 Å². The van der Waals surface area contributed by atoms with Crippen molar-refractivity contribution in [2.24, 2.45) is 0 Å². The number of methoxy groups -OCH3 is 1. The molecule has 0 spiro atoms. The summed E-state index contributed by atoms with van der Waals surface area (Å²) in [4.78, 5) is 0. The van der Waals surface area contributed by atoms with Crippen LogP contribution in [0.25, 0.3) is 10.8 Å². The van der Waals surface area contributed by atoms with E-state index in [1.54, 1.807) is 25.3 Å². The highest BCUT2D eigenvalue weighted by atomic mass is 19.3. The molecule has 0 radical (unpaired) electrons. The average Bonchev–Trinajstić information content (AvgIpc) is 2.80. The zero-order valence-corrected chi connectivity index (χ0v) is 18.0. The van der Waals surface area contributed by atoms with Gasteiger partial charge in [0, 0.05) is 18.1 Å². The Bertz CT molecular complexity index is 1100. The predicted molar refractivity (Wildman–Crippen MR) is 114 cm³/mol. The monoisotopic (exact) mass is 464 g/mol. The number of ether oxygens (including phenoxy) is 4. The molecule has 1 heterocycles. The predicted octanol–water partition coefficient (Wildman–Crippen LogP) is 5.96. The molecule has 1 saturated heterocycles. The van der Waals surface area contributed by atoms with Crippen molar-refractivity contribution in [3.63, 3.8) is 0 Å². The third-order valence-corrected chi connectivity index (χ3v) is 5.60. The molecule has 0 amide bonds. The zero-order valence-electron chi connectivity index (χ0n) is 18.0. The summed E-state index contributed by atoms with van der Waals surface area (Å²) in [6, 6.07) is 12.6. The third kappa shape index (κ3) is 5.63. The summed E-state index contributed by atoms with van der Waals surface area (Å²) < 4.78 is 74.5. The van der Waals surface area contributed by atoms with E-state index in [9.17, 15) is 13.2 Å². The standard InChI is InChI=1S/C25H24F4O4/c1-30-14-19-10-11-31-24(32-19)18-7-8-20-17(13-18)6-5-16(23(20)27)4-2-15-3-9-22(21(26)12-15)33-25(28)29/h3,5-9,12-13,19,24-25H,2,4,10-11,14H2,1H3. The Kier molecular flexibility index (Phi) is 7.47. The highest BCUT2D eigenvalue weighted by molar-refractivity contribution is 5.84. The Morgan fingerprint density at radius 2 is 1.88 bits per heavy atom. The lowest BCUT2D eigenvalue weighted by molar-refractivity contribution is -0.225. The van der Waals surface area contributed by atoms with Crippen LogP contribution >= 0.6 is 0 Å². The van der Waals surface area contributed by atoms with E-state index in [0.29, 0.717) is 42.6 Å². The maximum absolute atomic E-state index is 15.1. The molecular weight excluding hydrogens is 440 g/mol. The van der Waals surface area contributed by atoms with E-state index in [2.05, 4.69) is 4.74 Å². The fourth-order valence-electron chi connectivity index (χ4n) is 3.94. The Morgan fingerprint density at radius 1 is 1.03 bits per heavy atom. The van der Waals surface area contributed by atoms with Crippen LogP contribution in [0.15, 0.2) is 48.5 Å². The highest BCUT2D eigenvalue weighted by Gasteiger charge is 2.24.